The average Bonchev–Trinajstić information content (AvgIpc) is 3.26. The Morgan fingerprint density at radius 2 is 1.35 bits per heavy atom. The van der Waals surface area contributed by atoms with Gasteiger partial charge in [0.05, 0.1) is 16.9 Å². The molecule has 4 heteroatoms. The quantitative estimate of drug-likeness (QED) is 0.158. The molecule has 0 atom stereocenters. The van der Waals surface area contributed by atoms with E-state index in [1.807, 2.05) is 18.3 Å². The Morgan fingerprint density at radius 3 is 2.18 bits per heavy atom. The van der Waals surface area contributed by atoms with Crippen molar-refractivity contribution in [2.24, 2.45) is 0 Å². The summed E-state index contributed by atoms with van der Waals surface area (Å²) in [4.78, 5) is 19.7. The summed E-state index contributed by atoms with van der Waals surface area (Å²) in [5.74, 6) is 0.690. The number of para-hydroxylation sites is 1. The van der Waals surface area contributed by atoms with Gasteiger partial charge in [-0.3, -0.25) is 9.97 Å². The molecule has 0 N–H and O–H groups in total. The largest absolute Gasteiger partial charge is 0.264 e. The maximum Gasteiger partial charge on any atom is 0.160 e. The molecule has 5 aromatic carbocycles. The number of fused-ring (bicyclic) bond motifs is 2. The maximum absolute atomic E-state index is 5.26. The lowest BCUT2D eigenvalue weighted by Gasteiger charge is -2.25. The van der Waals surface area contributed by atoms with Gasteiger partial charge in [-0.1, -0.05) is 122 Å². The van der Waals surface area contributed by atoms with Crippen molar-refractivity contribution in [1.82, 2.24) is 19.9 Å². The fraction of sp³-hybridized carbons (Fsp3) is 0.0980. The molecule has 0 amide bonds. The number of nitrogens with zero attached hydrogens (tertiary/aromatic N) is 4. The number of rotatable bonds is 8. The van der Waals surface area contributed by atoms with Crippen molar-refractivity contribution in [3.05, 3.63) is 180 Å². The van der Waals surface area contributed by atoms with E-state index in [9.17, 15) is 0 Å². The van der Waals surface area contributed by atoms with Crippen molar-refractivity contribution >= 4 is 23.1 Å². The second-order valence-corrected chi connectivity index (χ2v) is 14.1. The van der Waals surface area contributed by atoms with E-state index >= 15 is 0 Å². The minimum Gasteiger partial charge on any atom is -0.264 e. The summed E-state index contributed by atoms with van der Waals surface area (Å²) in [5.41, 5.74) is 18.0. The lowest BCUT2D eigenvalue weighted by molar-refractivity contribution is 0.985. The van der Waals surface area contributed by atoms with Crippen LogP contribution in [-0.4, -0.2) is 19.9 Å². The molecule has 264 valence electrons. The standard InChI is InChI=1S/C51H40N4/c1-3-4-23-43-34(2)49(42-29-37-17-8-11-26-46(37)53-33-42)44-24-9-10-25-45(44)50(43)39-20-13-21-40(30-39)51-54-47(35-15-6-5-7-16-35)31-48(55-51)38-19-12-18-36(28-38)41-22-14-27-52-32-41/h4-8,10-23,25-33H,3,9,24H2,1-2H3/b23-4-. The van der Waals surface area contributed by atoms with Crippen LogP contribution in [-0.2, 0) is 6.42 Å². The summed E-state index contributed by atoms with van der Waals surface area (Å²) >= 11 is 0. The molecule has 8 aromatic rings. The van der Waals surface area contributed by atoms with Crippen LogP contribution in [0.5, 0.6) is 0 Å². The zero-order chi connectivity index (χ0) is 37.1. The van der Waals surface area contributed by atoms with Gasteiger partial charge in [0.25, 0.3) is 0 Å². The van der Waals surface area contributed by atoms with E-state index in [1.54, 1.807) is 6.20 Å². The summed E-state index contributed by atoms with van der Waals surface area (Å²) in [5, 5.41) is 1.16. The maximum atomic E-state index is 5.26. The van der Waals surface area contributed by atoms with Crippen LogP contribution >= 0.6 is 0 Å². The smallest absolute Gasteiger partial charge is 0.160 e. The van der Waals surface area contributed by atoms with Crippen LogP contribution < -0.4 is 0 Å². The summed E-state index contributed by atoms with van der Waals surface area (Å²) < 4.78 is 0. The molecular formula is C51H40N4. The Balaban J connectivity index is 1.22. The van der Waals surface area contributed by atoms with Crippen LogP contribution in [0.1, 0.15) is 42.0 Å². The molecule has 4 nitrogen and oxygen atoms in total. The first kappa shape index (κ1) is 34.0. The number of hydrogen-bond donors (Lipinski definition) is 0. The molecule has 0 saturated carbocycles. The zero-order valence-corrected chi connectivity index (χ0v) is 31.1. The van der Waals surface area contributed by atoms with Crippen molar-refractivity contribution in [3.63, 3.8) is 0 Å². The van der Waals surface area contributed by atoms with Crippen molar-refractivity contribution in [1.29, 1.82) is 0 Å². The van der Waals surface area contributed by atoms with Gasteiger partial charge in [-0.15, -0.1) is 0 Å². The molecule has 0 unspecified atom stereocenters. The molecule has 55 heavy (non-hydrogen) atoms. The zero-order valence-electron chi connectivity index (χ0n) is 31.1. The number of hydrogen-bond acceptors (Lipinski definition) is 4. The Bertz CT molecular complexity index is 2750. The molecule has 3 heterocycles. The van der Waals surface area contributed by atoms with Crippen molar-refractivity contribution < 1.29 is 0 Å². The molecule has 3 aromatic heterocycles. The summed E-state index contributed by atoms with van der Waals surface area (Å²) in [7, 11) is 0. The van der Waals surface area contributed by atoms with Crippen LogP contribution in [0, 0.1) is 6.92 Å². The van der Waals surface area contributed by atoms with Crippen LogP contribution in [0.2, 0.25) is 0 Å². The van der Waals surface area contributed by atoms with Crippen LogP contribution in [0.25, 0.3) is 90.3 Å². The Kier molecular flexibility index (Phi) is 9.23. The van der Waals surface area contributed by atoms with Crippen LogP contribution in [0.3, 0.4) is 0 Å². The second kappa shape index (κ2) is 14.9. The molecule has 0 bridgehead atoms. The van der Waals surface area contributed by atoms with E-state index in [0.717, 1.165) is 74.9 Å². The van der Waals surface area contributed by atoms with Crippen LogP contribution in [0.4, 0.5) is 0 Å². The molecule has 0 saturated heterocycles. The fourth-order valence-electron chi connectivity index (χ4n) is 7.89. The molecule has 1 aliphatic rings. The highest BCUT2D eigenvalue weighted by atomic mass is 14.9. The monoisotopic (exact) mass is 708 g/mol. The summed E-state index contributed by atoms with van der Waals surface area (Å²) in [6.07, 6.45) is 17.9. The molecule has 0 aliphatic heterocycles. The third kappa shape index (κ3) is 6.68. The van der Waals surface area contributed by atoms with Crippen molar-refractivity contribution in [2.75, 3.05) is 0 Å². The molecule has 0 spiro atoms. The topological polar surface area (TPSA) is 51.6 Å². The predicted molar refractivity (Wildman–Crippen MR) is 229 cm³/mol. The van der Waals surface area contributed by atoms with E-state index in [0.29, 0.717) is 5.82 Å². The van der Waals surface area contributed by atoms with Gasteiger partial charge in [0.2, 0.25) is 0 Å². The Morgan fingerprint density at radius 1 is 0.618 bits per heavy atom. The number of aromatic nitrogens is 4. The van der Waals surface area contributed by atoms with E-state index in [-0.39, 0.29) is 0 Å². The summed E-state index contributed by atoms with van der Waals surface area (Å²) in [6, 6.07) is 44.5. The highest BCUT2D eigenvalue weighted by Gasteiger charge is 2.24. The first-order chi connectivity index (χ1) is 27.1. The van der Waals surface area contributed by atoms with Crippen molar-refractivity contribution in [3.8, 4) is 67.3 Å². The number of allylic oxidation sites excluding steroid dienone is 2. The van der Waals surface area contributed by atoms with E-state index in [4.69, 9.17) is 15.0 Å². The third-order valence-electron chi connectivity index (χ3n) is 10.5. The van der Waals surface area contributed by atoms with Gasteiger partial charge in [0.1, 0.15) is 0 Å². The first-order valence-electron chi connectivity index (χ1n) is 19.1. The highest BCUT2D eigenvalue weighted by Crippen LogP contribution is 2.44. The Hall–Kier alpha value is -6.78. The number of pyridine rings is 2. The fourth-order valence-corrected chi connectivity index (χ4v) is 7.89. The second-order valence-electron chi connectivity index (χ2n) is 14.1. The minimum atomic E-state index is 0.690. The first-order valence-corrected chi connectivity index (χ1v) is 19.1. The third-order valence-corrected chi connectivity index (χ3v) is 10.5. The Labute approximate surface area is 322 Å². The summed E-state index contributed by atoms with van der Waals surface area (Å²) in [6.45, 7) is 4.48. The van der Waals surface area contributed by atoms with Gasteiger partial charge >= 0.3 is 0 Å². The molecule has 0 fully saturated rings. The molecular weight excluding hydrogens is 669 g/mol. The van der Waals surface area contributed by atoms with Gasteiger partial charge in [-0.25, -0.2) is 9.97 Å². The van der Waals surface area contributed by atoms with Gasteiger partial charge in [-0.2, -0.15) is 0 Å². The van der Waals surface area contributed by atoms with Crippen LogP contribution in [0.15, 0.2) is 158 Å². The lowest BCUT2D eigenvalue weighted by atomic mass is 9.78. The highest BCUT2D eigenvalue weighted by molar-refractivity contribution is 5.95. The van der Waals surface area contributed by atoms with Crippen molar-refractivity contribution in [2.45, 2.75) is 33.1 Å². The van der Waals surface area contributed by atoms with Gasteiger partial charge in [0, 0.05) is 51.8 Å². The van der Waals surface area contributed by atoms with Gasteiger partial charge < -0.3 is 0 Å². The van der Waals surface area contributed by atoms with E-state index < -0.39 is 0 Å². The molecule has 0 radical (unpaired) electrons. The SMILES string of the molecule is CC/C=C\c1c(C)c(-c2cnc3ccccc3c2)c2c(c1-c1cccc(-c3nc(-c4ccccc4)cc(-c4cccc(-c5cccnc5)c4)n3)c1)C=CCC2. The average molecular weight is 709 g/mol. The van der Waals surface area contributed by atoms with Gasteiger partial charge in [0.15, 0.2) is 5.82 Å². The minimum absolute atomic E-state index is 0.690. The predicted octanol–water partition coefficient (Wildman–Crippen LogP) is 13.1. The van der Waals surface area contributed by atoms with E-state index in [2.05, 4.69) is 165 Å². The van der Waals surface area contributed by atoms with Gasteiger partial charge in [-0.05, 0) is 107 Å². The number of benzene rings is 5. The van der Waals surface area contributed by atoms with E-state index in [1.165, 1.54) is 38.9 Å². The molecule has 9 rings (SSSR count). The lowest BCUT2D eigenvalue weighted by Crippen LogP contribution is -2.06. The molecule has 1 aliphatic carbocycles. The normalized spacial score (nSPS) is 12.3.